The average molecular weight is 231 g/mol. The zero-order chi connectivity index (χ0) is 11.9. The largest absolute Gasteiger partial charge is 0.378 e. The van der Waals surface area contributed by atoms with Gasteiger partial charge in [-0.25, -0.2) is 0 Å². The Hall–Kier alpha value is -1.61. The van der Waals surface area contributed by atoms with Gasteiger partial charge in [0.25, 0.3) is 0 Å². The van der Waals surface area contributed by atoms with Crippen molar-refractivity contribution in [3.05, 3.63) is 48.0 Å². The third kappa shape index (κ3) is 3.71. The van der Waals surface area contributed by atoms with E-state index in [0.29, 0.717) is 26.3 Å². The molecule has 0 unspecified atom stereocenters. The van der Waals surface area contributed by atoms with Gasteiger partial charge in [0, 0.05) is 13.1 Å². The maximum Gasteiger partial charge on any atom is 0.246 e. The lowest BCUT2D eigenvalue weighted by Crippen LogP contribution is -2.39. The molecule has 1 aromatic rings. The van der Waals surface area contributed by atoms with Crippen LogP contribution in [0, 0.1) is 0 Å². The fourth-order valence-electron chi connectivity index (χ4n) is 1.80. The lowest BCUT2D eigenvalue weighted by molar-refractivity contribution is -0.129. The lowest BCUT2D eigenvalue weighted by Gasteiger charge is -2.25. The third-order valence-corrected chi connectivity index (χ3v) is 2.78. The van der Waals surface area contributed by atoms with Crippen LogP contribution in [-0.2, 0) is 16.0 Å². The molecule has 0 radical (unpaired) electrons. The number of hydrogen-bond acceptors (Lipinski definition) is 2. The first-order valence-electron chi connectivity index (χ1n) is 5.93. The van der Waals surface area contributed by atoms with Crippen LogP contribution >= 0.6 is 0 Å². The molecule has 1 amide bonds. The smallest absolute Gasteiger partial charge is 0.246 e. The maximum atomic E-state index is 11.8. The minimum absolute atomic E-state index is 0.0873. The minimum atomic E-state index is 0.0873. The second-order valence-corrected chi connectivity index (χ2v) is 4.03. The molecule has 1 fully saturated rings. The second-order valence-electron chi connectivity index (χ2n) is 4.03. The molecular formula is C14H17NO2. The maximum absolute atomic E-state index is 11.8. The first-order valence-corrected chi connectivity index (χ1v) is 5.93. The van der Waals surface area contributed by atoms with E-state index in [1.165, 1.54) is 5.56 Å². The number of amides is 1. The number of morpholine rings is 1. The first-order chi connectivity index (χ1) is 8.36. The Labute approximate surface area is 102 Å². The fourth-order valence-corrected chi connectivity index (χ4v) is 1.80. The quantitative estimate of drug-likeness (QED) is 0.740. The number of hydrogen-bond donors (Lipinski definition) is 0. The number of benzene rings is 1. The number of ether oxygens (including phenoxy) is 1. The Morgan fingerprint density at radius 3 is 2.65 bits per heavy atom. The number of carbonyl (C=O) groups is 1. The average Bonchev–Trinajstić information content (AvgIpc) is 2.41. The third-order valence-electron chi connectivity index (χ3n) is 2.78. The summed E-state index contributed by atoms with van der Waals surface area (Å²) in [6.45, 7) is 2.71. The van der Waals surface area contributed by atoms with Crippen LogP contribution < -0.4 is 0 Å². The van der Waals surface area contributed by atoms with Crippen LogP contribution in [0.25, 0.3) is 0 Å². The summed E-state index contributed by atoms with van der Waals surface area (Å²) in [5, 5.41) is 0. The Morgan fingerprint density at radius 2 is 1.94 bits per heavy atom. The van der Waals surface area contributed by atoms with E-state index in [9.17, 15) is 4.79 Å². The Bertz CT molecular complexity index is 380. The normalized spacial score (nSPS) is 16.4. The van der Waals surface area contributed by atoms with E-state index in [1.807, 2.05) is 29.2 Å². The van der Waals surface area contributed by atoms with Crippen LogP contribution in [0.2, 0.25) is 0 Å². The van der Waals surface area contributed by atoms with E-state index in [0.717, 1.165) is 6.42 Å². The highest BCUT2D eigenvalue weighted by Crippen LogP contribution is 2.02. The second kappa shape index (κ2) is 6.21. The molecule has 1 heterocycles. The van der Waals surface area contributed by atoms with Crippen molar-refractivity contribution in [3.63, 3.8) is 0 Å². The molecular weight excluding hydrogens is 214 g/mol. The molecule has 1 aliphatic rings. The molecule has 3 nitrogen and oxygen atoms in total. The summed E-state index contributed by atoms with van der Waals surface area (Å²) in [5.41, 5.74) is 1.22. The first kappa shape index (κ1) is 11.9. The van der Waals surface area contributed by atoms with Gasteiger partial charge in [0.15, 0.2) is 0 Å². The SMILES string of the molecule is O=C(/C=C/Cc1ccccc1)N1CCOCC1. The van der Waals surface area contributed by atoms with Crippen molar-refractivity contribution in [2.45, 2.75) is 6.42 Å². The van der Waals surface area contributed by atoms with Gasteiger partial charge in [0.1, 0.15) is 0 Å². The van der Waals surface area contributed by atoms with Crippen LogP contribution in [0.1, 0.15) is 5.56 Å². The Morgan fingerprint density at radius 1 is 1.24 bits per heavy atom. The molecule has 2 rings (SSSR count). The van der Waals surface area contributed by atoms with Crippen LogP contribution in [0.3, 0.4) is 0 Å². The molecule has 0 spiro atoms. The van der Waals surface area contributed by atoms with Crippen molar-refractivity contribution >= 4 is 5.91 Å². The van der Waals surface area contributed by atoms with Crippen molar-refractivity contribution in [2.75, 3.05) is 26.3 Å². The van der Waals surface area contributed by atoms with Crippen LogP contribution in [0.15, 0.2) is 42.5 Å². The monoisotopic (exact) mass is 231 g/mol. The van der Waals surface area contributed by atoms with Gasteiger partial charge in [-0.15, -0.1) is 0 Å². The summed E-state index contributed by atoms with van der Waals surface area (Å²) in [5.74, 6) is 0.0873. The number of allylic oxidation sites excluding steroid dienone is 1. The Balaban J connectivity index is 1.82. The topological polar surface area (TPSA) is 29.5 Å². The van der Waals surface area contributed by atoms with Gasteiger partial charge in [-0.05, 0) is 18.1 Å². The molecule has 1 aliphatic heterocycles. The van der Waals surface area contributed by atoms with E-state index in [-0.39, 0.29) is 5.91 Å². The Kier molecular flexibility index (Phi) is 4.33. The summed E-state index contributed by atoms with van der Waals surface area (Å²) < 4.78 is 5.21. The highest BCUT2D eigenvalue weighted by atomic mass is 16.5. The van der Waals surface area contributed by atoms with Crippen molar-refractivity contribution in [1.82, 2.24) is 4.90 Å². The van der Waals surface area contributed by atoms with E-state index < -0.39 is 0 Å². The number of rotatable bonds is 3. The molecule has 90 valence electrons. The highest BCUT2D eigenvalue weighted by Gasteiger charge is 2.13. The number of nitrogens with zero attached hydrogens (tertiary/aromatic N) is 1. The van der Waals surface area contributed by atoms with E-state index in [4.69, 9.17) is 4.74 Å². The molecule has 0 N–H and O–H groups in total. The molecule has 1 aromatic carbocycles. The molecule has 0 aromatic heterocycles. The summed E-state index contributed by atoms with van der Waals surface area (Å²) in [7, 11) is 0. The van der Waals surface area contributed by atoms with Crippen LogP contribution in [0.5, 0.6) is 0 Å². The van der Waals surface area contributed by atoms with Crippen molar-refractivity contribution < 1.29 is 9.53 Å². The zero-order valence-electron chi connectivity index (χ0n) is 9.84. The van der Waals surface area contributed by atoms with Gasteiger partial charge in [-0.2, -0.15) is 0 Å². The van der Waals surface area contributed by atoms with Gasteiger partial charge in [-0.1, -0.05) is 36.4 Å². The van der Waals surface area contributed by atoms with Crippen molar-refractivity contribution in [3.8, 4) is 0 Å². The molecule has 17 heavy (non-hydrogen) atoms. The van der Waals surface area contributed by atoms with Crippen LogP contribution in [-0.4, -0.2) is 37.1 Å². The van der Waals surface area contributed by atoms with Gasteiger partial charge < -0.3 is 9.64 Å². The number of carbonyl (C=O) groups excluding carboxylic acids is 1. The van der Waals surface area contributed by atoms with Gasteiger partial charge in [0.2, 0.25) is 5.91 Å². The molecule has 0 atom stereocenters. The predicted octanol–water partition coefficient (Wildman–Crippen LogP) is 1.64. The summed E-state index contributed by atoms with van der Waals surface area (Å²) in [6.07, 6.45) is 4.39. The van der Waals surface area contributed by atoms with Crippen molar-refractivity contribution in [1.29, 1.82) is 0 Å². The van der Waals surface area contributed by atoms with Crippen molar-refractivity contribution in [2.24, 2.45) is 0 Å². The summed E-state index contributed by atoms with van der Waals surface area (Å²) in [4.78, 5) is 13.6. The lowest BCUT2D eigenvalue weighted by atomic mass is 10.1. The molecule has 1 saturated heterocycles. The van der Waals surface area contributed by atoms with Gasteiger partial charge in [-0.3, -0.25) is 4.79 Å². The fraction of sp³-hybridized carbons (Fsp3) is 0.357. The summed E-state index contributed by atoms with van der Waals surface area (Å²) in [6, 6.07) is 10.1. The van der Waals surface area contributed by atoms with E-state index in [2.05, 4.69) is 12.1 Å². The molecule has 0 bridgehead atoms. The molecule has 0 saturated carbocycles. The summed E-state index contributed by atoms with van der Waals surface area (Å²) >= 11 is 0. The predicted molar refractivity (Wildman–Crippen MR) is 66.7 cm³/mol. The standard InChI is InChI=1S/C14H17NO2/c16-14(15-9-11-17-12-10-15)8-4-7-13-5-2-1-3-6-13/h1-6,8H,7,9-12H2/b8-4+. The zero-order valence-corrected chi connectivity index (χ0v) is 9.84. The van der Waals surface area contributed by atoms with Crippen LogP contribution in [0.4, 0.5) is 0 Å². The van der Waals surface area contributed by atoms with E-state index >= 15 is 0 Å². The molecule has 3 heteroatoms. The van der Waals surface area contributed by atoms with Gasteiger partial charge in [0.05, 0.1) is 13.2 Å². The highest BCUT2D eigenvalue weighted by molar-refractivity contribution is 5.87. The van der Waals surface area contributed by atoms with Gasteiger partial charge >= 0.3 is 0 Å². The van der Waals surface area contributed by atoms with E-state index in [1.54, 1.807) is 6.08 Å². The minimum Gasteiger partial charge on any atom is -0.378 e. The molecule has 0 aliphatic carbocycles.